The summed E-state index contributed by atoms with van der Waals surface area (Å²) in [6, 6.07) is 9.08. The fraction of sp³-hybridized carbons (Fsp3) is 0.250. The van der Waals surface area contributed by atoms with Crippen molar-refractivity contribution in [2.45, 2.75) is 6.42 Å². The van der Waals surface area contributed by atoms with Crippen molar-refractivity contribution in [1.82, 2.24) is 4.90 Å². The molecule has 1 aromatic carbocycles. The molecule has 1 aliphatic rings. The van der Waals surface area contributed by atoms with Gasteiger partial charge in [-0.25, -0.2) is 4.39 Å². The Bertz CT molecular complexity index is 708. The van der Waals surface area contributed by atoms with E-state index in [9.17, 15) is 14.0 Å². The minimum atomic E-state index is -0.387. The quantitative estimate of drug-likeness (QED) is 0.942. The van der Waals surface area contributed by atoms with Gasteiger partial charge in [-0.05, 0) is 42.8 Å². The van der Waals surface area contributed by atoms with E-state index in [-0.39, 0.29) is 29.3 Å². The summed E-state index contributed by atoms with van der Waals surface area (Å²) in [6.45, 7) is 0.805. The first-order valence-electron chi connectivity index (χ1n) is 6.99. The van der Waals surface area contributed by atoms with Crippen molar-refractivity contribution in [3.05, 3.63) is 48.0 Å². The van der Waals surface area contributed by atoms with Crippen LogP contribution in [-0.4, -0.2) is 29.8 Å². The molecule has 5 nitrogen and oxygen atoms in total. The summed E-state index contributed by atoms with van der Waals surface area (Å²) in [5.74, 6) is -0.589. The van der Waals surface area contributed by atoms with Crippen molar-refractivity contribution < 1.29 is 18.4 Å². The van der Waals surface area contributed by atoms with E-state index in [4.69, 9.17) is 10.2 Å². The Balaban J connectivity index is 1.75. The van der Waals surface area contributed by atoms with Gasteiger partial charge in [0.2, 0.25) is 5.91 Å². The third kappa shape index (κ3) is 2.72. The molecule has 1 saturated heterocycles. The Morgan fingerprint density at radius 3 is 2.55 bits per heavy atom. The van der Waals surface area contributed by atoms with E-state index in [0.717, 1.165) is 0 Å². The minimum absolute atomic E-state index is 0.199. The zero-order valence-corrected chi connectivity index (χ0v) is 11.8. The molecule has 2 amide bonds. The largest absolute Gasteiger partial charge is 0.451 e. The van der Waals surface area contributed by atoms with Crippen LogP contribution in [0.25, 0.3) is 11.3 Å². The summed E-state index contributed by atoms with van der Waals surface area (Å²) < 4.78 is 18.5. The maximum atomic E-state index is 12.9. The molecular formula is C16H15FN2O3. The Kier molecular flexibility index (Phi) is 3.66. The third-order valence-electron chi connectivity index (χ3n) is 3.82. The number of likely N-dealkylation sites (tertiary alicyclic amines) is 1. The van der Waals surface area contributed by atoms with Gasteiger partial charge in [-0.15, -0.1) is 0 Å². The molecule has 1 fully saturated rings. The van der Waals surface area contributed by atoms with Gasteiger partial charge in [0.15, 0.2) is 5.76 Å². The molecule has 1 aliphatic heterocycles. The molecule has 6 heteroatoms. The molecule has 0 bridgehead atoms. The van der Waals surface area contributed by atoms with Crippen LogP contribution < -0.4 is 5.73 Å². The van der Waals surface area contributed by atoms with Gasteiger partial charge in [0.25, 0.3) is 5.91 Å². The summed E-state index contributed by atoms with van der Waals surface area (Å²) in [5, 5.41) is 0. The van der Waals surface area contributed by atoms with Gasteiger partial charge in [0.1, 0.15) is 11.6 Å². The maximum absolute atomic E-state index is 12.9. The monoisotopic (exact) mass is 302 g/mol. The van der Waals surface area contributed by atoms with Crippen LogP contribution in [-0.2, 0) is 4.79 Å². The summed E-state index contributed by atoms with van der Waals surface area (Å²) in [5.41, 5.74) is 5.95. The second-order valence-electron chi connectivity index (χ2n) is 5.31. The van der Waals surface area contributed by atoms with Crippen molar-refractivity contribution in [2.75, 3.05) is 13.1 Å². The lowest BCUT2D eigenvalue weighted by atomic mass is 10.1. The Labute approximate surface area is 126 Å². The predicted molar refractivity (Wildman–Crippen MR) is 77.3 cm³/mol. The smallest absolute Gasteiger partial charge is 0.289 e. The molecular weight excluding hydrogens is 287 g/mol. The number of hydrogen-bond donors (Lipinski definition) is 1. The summed E-state index contributed by atoms with van der Waals surface area (Å²) in [6.07, 6.45) is 0.576. The number of hydrogen-bond acceptors (Lipinski definition) is 3. The highest BCUT2D eigenvalue weighted by Gasteiger charge is 2.31. The topological polar surface area (TPSA) is 76.5 Å². The van der Waals surface area contributed by atoms with Gasteiger partial charge in [-0.1, -0.05) is 0 Å². The first-order valence-corrected chi connectivity index (χ1v) is 6.99. The van der Waals surface area contributed by atoms with Gasteiger partial charge >= 0.3 is 0 Å². The van der Waals surface area contributed by atoms with Gasteiger partial charge in [-0.2, -0.15) is 0 Å². The highest BCUT2D eigenvalue weighted by Crippen LogP contribution is 2.25. The molecule has 114 valence electrons. The first kappa shape index (κ1) is 14.3. The van der Waals surface area contributed by atoms with E-state index in [2.05, 4.69) is 0 Å². The number of primary amides is 1. The van der Waals surface area contributed by atoms with Gasteiger partial charge in [0.05, 0.1) is 5.92 Å². The normalized spacial score (nSPS) is 17.7. The summed E-state index contributed by atoms with van der Waals surface area (Å²) >= 11 is 0. The van der Waals surface area contributed by atoms with Crippen molar-refractivity contribution in [1.29, 1.82) is 0 Å². The number of benzene rings is 1. The van der Waals surface area contributed by atoms with Gasteiger partial charge < -0.3 is 15.1 Å². The van der Waals surface area contributed by atoms with E-state index in [1.807, 2.05) is 0 Å². The van der Waals surface area contributed by atoms with E-state index < -0.39 is 0 Å². The first-order chi connectivity index (χ1) is 10.5. The van der Waals surface area contributed by atoms with Crippen LogP contribution >= 0.6 is 0 Å². The van der Waals surface area contributed by atoms with Crippen molar-refractivity contribution in [3.63, 3.8) is 0 Å². The molecule has 0 radical (unpaired) electrons. The van der Waals surface area contributed by atoms with E-state index >= 15 is 0 Å². The van der Waals surface area contributed by atoms with Crippen LogP contribution in [0.1, 0.15) is 17.0 Å². The minimum Gasteiger partial charge on any atom is -0.451 e. The van der Waals surface area contributed by atoms with E-state index in [1.165, 1.54) is 12.1 Å². The second kappa shape index (κ2) is 5.63. The zero-order valence-electron chi connectivity index (χ0n) is 11.8. The van der Waals surface area contributed by atoms with Crippen LogP contribution in [0.3, 0.4) is 0 Å². The van der Waals surface area contributed by atoms with Crippen molar-refractivity contribution in [3.8, 4) is 11.3 Å². The highest BCUT2D eigenvalue weighted by atomic mass is 19.1. The molecule has 2 N–H and O–H groups in total. The second-order valence-corrected chi connectivity index (χ2v) is 5.31. The number of furan rings is 1. The fourth-order valence-electron chi connectivity index (χ4n) is 2.55. The van der Waals surface area contributed by atoms with Gasteiger partial charge in [-0.3, -0.25) is 9.59 Å². The highest BCUT2D eigenvalue weighted by molar-refractivity contribution is 5.93. The standard InChI is InChI=1S/C16H15FN2O3/c17-12-3-1-10(2-4-12)13-5-6-14(22-13)16(21)19-8-7-11(9-19)15(18)20/h1-6,11H,7-9H2,(H2,18,20). The number of halogens is 1. The lowest BCUT2D eigenvalue weighted by Crippen LogP contribution is -2.31. The Hall–Kier alpha value is -2.63. The fourth-order valence-corrected chi connectivity index (χ4v) is 2.55. The number of carbonyl (C=O) groups excluding carboxylic acids is 2. The third-order valence-corrected chi connectivity index (χ3v) is 3.82. The molecule has 22 heavy (non-hydrogen) atoms. The number of carbonyl (C=O) groups is 2. The zero-order chi connectivity index (χ0) is 15.7. The number of amides is 2. The average molecular weight is 302 g/mol. The summed E-state index contributed by atoms with van der Waals surface area (Å²) in [7, 11) is 0. The number of rotatable bonds is 3. The molecule has 1 atom stereocenters. The number of nitrogens with zero attached hydrogens (tertiary/aromatic N) is 1. The maximum Gasteiger partial charge on any atom is 0.289 e. The molecule has 0 aliphatic carbocycles. The Morgan fingerprint density at radius 2 is 1.91 bits per heavy atom. The SMILES string of the molecule is NC(=O)C1CCN(C(=O)c2ccc(-c3ccc(F)cc3)o2)C1. The van der Waals surface area contributed by atoms with Crippen LogP contribution in [0.4, 0.5) is 4.39 Å². The molecule has 2 heterocycles. The average Bonchev–Trinajstić information content (AvgIpc) is 3.17. The summed E-state index contributed by atoms with van der Waals surface area (Å²) in [4.78, 5) is 25.0. The number of nitrogens with two attached hydrogens (primary N) is 1. The van der Waals surface area contributed by atoms with Crippen LogP contribution in [0, 0.1) is 11.7 Å². The van der Waals surface area contributed by atoms with E-state index in [1.54, 1.807) is 29.2 Å². The molecule has 2 aromatic rings. The predicted octanol–water partition coefficient (Wildman–Crippen LogP) is 2.03. The Morgan fingerprint density at radius 1 is 1.18 bits per heavy atom. The van der Waals surface area contributed by atoms with Crippen LogP contribution in [0.15, 0.2) is 40.8 Å². The molecule has 3 rings (SSSR count). The molecule has 0 saturated carbocycles. The van der Waals surface area contributed by atoms with Gasteiger partial charge in [0, 0.05) is 18.7 Å². The molecule has 1 aromatic heterocycles. The molecule has 1 unspecified atom stereocenters. The van der Waals surface area contributed by atoms with Crippen molar-refractivity contribution in [2.24, 2.45) is 11.7 Å². The molecule has 0 spiro atoms. The van der Waals surface area contributed by atoms with Crippen molar-refractivity contribution >= 4 is 11.8 Å². The lowest BCUT2D eigenvalue weighted by molar-refractivity contribution is -0.121. The van der Waals surface area contributed by atoms with E-state index in [0.29, 0.717) is 30.8 Å². The lowest BCUT2D eigenvalue weighted by Gasteiger charge is -2.13. The van der Waals surface area contributed by atoms with Crippen LogP contribution in [0.5, 0.6) is 0 Å². The van der Waals surface area contributed by atoms with Crippen LogP contribution in [0.2, 0.25) is 0 Å².